The van der Waals surface area contributed by atoms with E-state index >= 15 is 0 Å². The number of hydrogen-bond donors (Lipinski definition) is 1. The topological polar surface area (TPSA) is 71.0 Å². The Bertz CT molecular complexity index is 568. The summed E-state index contributed by atoms with van der Waals surface area (Å²) in [6, 6.07) is 6.89. The maximum atomic E-state index is 11.5. The molecule has 2 rings (SSSR count). The number of amides is 1. The zero-order valence-corrected chi connectivity index (χ0v) is 11.5. The molecule has 0 saturated heterocycles. The van der Waals surface area contributed by atoms with Crippen molar-refractivity contribution < 1.29 is 13.6 Å². The molecule has 0 fully saturated rings. The standard InChI is InChI=1S/C14H17N3O3/c1-3-17(4-2)13-8-7-11(20-13)10-15-16-14(18)12-6-5-9-19-12/h5-10H,3-4H2,1-2H3,(H,16,18)/b15-10-. The Morgan fingerprint density at radius 1 is 1.35 bits per heavy atom. The van der Waals surface area contributed by atoms with E-state index in [-0.39, 0.29) is 5.76 Å². The summed E-state index contributed by atoms with van der Waals surface area (Å²) in [5.41, 5.74) is 2.36. The van der Waals surface area contributed by atoms with Gasteiger partial charge in [-0.25, -0.2) is 5.43 Å². The Kier molecular flexibility index (Phi) is 4.60. The molecule has 0 bridgehead atoms. The van der Waals surface area contributed by atoms with Gasteiger partial charge in [0.1, 0.15) is 5.76 Å². The molecule has 2 aromatic rings. The van der Waals surface area contributed by atoms with Gasteiger partial charge in [-0.15, -0.1) is 0 Å². The van der Waals surface area contributed by atoms with E-state index < -0.39 is 5.91 Å². The summed E-state index contributed by atoms with van der Waals surface area (Å²) in [6.07, 6.45) is 2.88. The van der Waals surface area contributed by atoms with Crippen LogP contribution in [0.3, 0.4) is 0 Å². The van der Waals surface area contributed by atoms with E-state index in [1.165, 1.54) is 12.5 Å². The predicted octanol–water partition coefficient (Wildman–Crippen LogP) is 2.48. The van der Waals surface area contributed by atoms with Crippen LogP contribution in [-0.4, -0.2) is 25.2 Å². The quantitative estimate of drug-likeness (QED) is 0.649. The molecule has 1 N–H and O–H groups in total. The fourth-order valence-electron chi connectivity index (χ4n) is 1.73. The molecule has 6 heteroatoms. The number of rotatable bonds is 6. The summed E-state index contributed by atoms with van der Waals surface area (Å²) in [6.45, 7) is 5.86. The van der Waals surface area contributed by atoms with E-state index in [0.717, 1.165) is 19.0 Å². The number of furan rings is 2. The number of nitrogens with zero attached hydrogens (tertiary/aromatic N) is 2. The summed E-state index contributed by atoms with van der Waals surface area (Å²) in [4.78, 5) is 13.6. The summed E-state index contributed by atoms with van der Waals surface area (Å²) in [7, 11) is 0. The normalized spacial score (nSPS) is 10.9. The van der Waals surface area contributed by atoms with E-state index in [1.807, 2.05) is 6.07 Å². The van der Waals surface area contributed by atoms with Crippen molar-refractivity contribution in [3.8, 4) is 0 Å². The molecule has 1 amide bonds. The number of carbonyl (C=O) groups excluding carboxylic acids is 1. The van der Waals surface area contributed by atoms with E-state index in [2.05, 4.69) is 29.3 Å². The lowest BCUT2D eigenvalue weighted by molar-refractivity contribution is 0.0927. The molecule has 0 atom stereocenters. The molecule has 106 valence electrons. The first-order valence-electron chi connectivity index (χ1n) is 6.46. The summed E-state index contributed by atoms with van der Waals surface area (Å²) < 4.78 is 10.5. The number of hydrazone groups is 1. The largest absolute Gasteiger partial charge is 0.459 e. The summed E-state index contributed by atoms with van der Waals surface area (Å²) in [5.74, 6) is 1.17. The van der Waals surface area contributed by atoms with Gasteiger partial charge in [-0.3, -0.25) is 4.79 Å². The number of anilines is 1. The number of hydrogen-bond acceptors (Lipinski definition) is 5. The smallest absolute Gasteiger partial charge is 0.307 e. The number of carbonyl (C=O) groups is 1. The van der Waals surface area contributed by atoms with Gasteiger partial charge in [-0.1, -0.05) is 0 Å². The van der Waals surface area contributed by atoms with Crippen LogP contribution in [0.1, 0.15) is 30.2 Å². The van der Waals surface area contributed by atoms with Crippen LogP contribution in [0.25, 0.3) is 0 Å². The highest BCUT2D eigenvalue weighted by molar-refractivity contribution is 5.92. The van der Waals surface area contributed by atoms with Crippen molar-refractivity contribution in [3.63, 3.8) is 0 Å². The molecule has 0 aliphatic carbocycles. The van der Waals surface area contributed by atoms with Crippen LogP contribution in [0, 0.1) is 0 Å². The third-order valence-electron chi connectivity index (χ3n) is 2.79. The minimum Gasteiger partial charge on any atom is -0.459 e. The minimum absolute atomic E-state index is 0.213. The molecule has 20 heavy (non-hydrogen) atoms. The zero-order valence-electron chi connectivity index (χ0n) is 11.5. The third kappa shape index (κ3) is 3.28. The first-order chi connectivity index (χ1) is 9.74. The van der Waals surface area contributed by atoms with Crippen molar-refractivity contribution in [3.05, 3.63) is 42.0 Å². The number of nitrogens with one attached hydrogen (secondary N) is 1. The average molecular weight is 275 g/mol. The lowest BCUT2D eigenvalue weighted by Crippen LogP contribution is -2.20. The second kappa shape index (κ2) is 6.60. The Labute approximate surface area is 117 Å². The minimum atomic E-state index is -0.401. The van der Waals surface area contributed by atoms with Crippen molar-refractivity contribution in [2.75, 3.05) is 18.0 Å². The van der Waals surface area contributed by atoms with Crippen molar-refractivity contribution in [2.45, 2.75) is 13.8 Å². The SMILES string of the molecule is CCN(CC)c1ccc(/C=N\NC(=O)c2ccco2)o1. The maximum absolute atomic E-state index is 11.5. The van der Waals surface area contributed by atoms with Crippen molar-refractivity contribution in [1.29, 1.82) is 0 Å². The fourth-order valence-corrected chi connectivity index (χ4v) is 1.73. The fraction of sp³-hybridized carbons (Fsp3) is 0.286. The third-order valence-corrected chi connectivity index (χ3v) is 2.79. The van der Waals surface area contributed by atoms with E-state index in [0.29, 0.717) is 5.76 Å². The predicted molar refractivity (Wildman–Crippen MR) is 76.0 cm³/mol. The van der Waals surface area contributed by atoms with Gasteiger partial charge in [-0.05, 0) is 32.0 Å². The van der Waals surface area contributed by atoms with Gasteiger partial charge in [0.15, 0.2) is 11.6 Å². The van der Waals surface area contributed by atoms with Crippen molar-refractivity contribution in [2.24, 2.45) is 5.10 Å². The van der Waals surface area contributed by atoms with Gasteiger partial charge in [0.25, 0.3) is 0 Å². The molecule has 2 aromatic heterocycles. The second-order valence-electron chi connectivity index (χ2n) is 4.02. The Morgan fingerprint density at radius 2 is 2.15 bits per heavy atom. The molecule has 6 nitrogen and oxygen atoms in total. The molecule has 0 saturated carbocycles. The van der Waals surface area contributed by atoms with E-state index in [4.69, 9.17) is 8.83 Å². The van der Waals surface area contributed by atoms with Gasteiger partial charge in [0, 0.05) is 19.2 Å². The van der Waals surface area contributed by atoms with Gasteiger partial charge >= 0.3 is 5.91 Å². The van der Waals surface area contributed by atoms with E-state index in [1.54, 1.807) is 18.2 Å². The monoisotopic (exact) mass is 275 g/mol. The van der Waals surface area contributed by atoms with Gasteiger partial charge < -0.3 is 13.7 Å². The molecule has 0 spiro atoms. The maximum Gasteiger partial charge on any atom is 0.307 e. The molecule has 0 aromatic carbocycles. The van der Waals surface area contributed by atoms with Crippen LogP contribution in [0.15, 0.2) is 44.5 Å². The zero-order chi connectivity index (χ0) is 14.4. The lowest BCUT2D eigenvalue weighted by Gasteiger charge is -2.16. The lowest BCUT2D eigenvalue weighted by atomic mass is 10.4. The molecule has 0 radical (unpaired) electrons. The molecular formula is C14H17N3O3. The Hall–Kier alpha value is -2.50. The van der Waals surface area contributed by atoms with Crippen molar-refractivity contribution >= 4 is 18.0 Å². The second-order valence-corrected chi connectivity index (χ2v) is 4.02. The highest BCUT2D eigenvalue weighted by atomic mass is 16.4. The average Bonchev–Trinajstić information content (AvgIpc) is 3.11. The first-order valence-corrected chi connectivity index (χ1v) is 6.46. The van der Waals surface area contributed by atoms with Crippen LogP contribution >= 0.6 is 0 Å². The Morgan fingerprint density at radius 3 is 2.80 bits per heavy atom. The van der Waals surface area contributed by atoms with Crippen LogP contribution in [0.5, 0.6) is 0 Å². The molecule has 2 heterocycles. The summed E-state index contributed by atoms with van der Waals surface area (Å²) >= 11 is 0. The molecule has 0 unspecified atom stereocenters. The highest BCUT2D eigenvalue weighted by Crippen LogP contribution is 2.16. The Balaban J connectivity index is 1.93. The van der Waals surface area contributed by atoms with Gasteiger partial charge in [0.05, 0.1) is 12.5 Å². The van der Waals surface area contributed by atoms with Gasteiger partial charge in [0.2, 0.25) is 0 Å². The van der Waals surface area contributed by atoms with Crippen LogP contribution in [-0.2, 0) is 0 Å². The summed E-state index contributed by atoms with van der Waals surface area (Å²) in [5, 5.41) is 3.83. The highest BCUT2D eigenvalue weighted by Gasteiger charge is 2.08. The van der Waals surface area contributed by atoms with Crippen LogP contribution < -0.4 is 10.3 Å². The van der Waals surface area contributed by atoms with Crippen LogP contribution in [0.2, 0.25) is 0 Å². The van der Waals surface area contributed by atoms with E-state index in [9.17, 15) is 4.79 Å². The molecule has 0 aliphatic heterocycles. The van der Waals surface area contributed by atoms with Gasteiger partial charge in [-0.2, -0.15) is 5.10 Å². The molecular weight excluding hydrogens is 258 g/mol. The molecule has 0 aliphatic rings. The van der Waals surface area contributed by atoms with Crippen LogP contribution in [0.4, 0.5) is 5.88 Å². The first kappa shape index (κ1) is 13.9. The van der Waals surface area contributed by atoms with Crippen molar-refractivity contribution in [1.82, 2.24) is 5.43 Å².